The lowest BCUT2D eigenvalue weighted by Crippen LogP contribution is -2.04. The lowest BCUT2D eigenvalue weighted by Gasteiger charge is -2.15. The molecule has 3 rings (SSSR count). The van der Waals surface area contributed by atoms with Crippen molar-refractivity contribution in [2.75, 3.05) is 0 Å². The molecule has 0 unspecified atom stereocenters. The molecule has 0 fully saturated rings. The van der Waals surface area contributed by atoms with Gasteiger partial charge in [0.05, 0.1) is 4.20 Å². The summed E-state index contributed by atoms with van der Waals surface area (Å²) in [7, 11) is 0. The average molecular weight is 335 g/mol. The molecular weight excluding hydrogens is 316 g/mol. The SMILES string of the molecule is S=C(S)c1cccc(Cc2ccccc2)c1Cc1ccccc1. The first-order chi connectivity index (χ1) is 11.2. The molecule has 0 heterocycles. The van der Waals surface area contributed by atoms with Crippen molar-refractivity contribution in [2.45, 2.75) is 12.8 Å². The Hall–Kier alpha value is -1.90. The Kier molecular flexibility index (Phi) is 5.27. The lowest BCUT2D eigenvalue weighted by atomic mass is 9.92. The monoisotopic (exact) mass is 334 g/mol. The van der Waals surface area contributed by atoms with Crippen molar-refractivity contribution in [1.82, 2.24) is 0 Å². The van der Waals surface area contributed by atoms with Crippen molar-refractivity contribution >= 4 is 29.0 Å². The Morgan fingerprint density at radius 3 is 1.83 bits per heavy atom. The largest absolute Gasteiger partial charge is 0.131 e. The molecule has 0 aliphatic carbocycles. The first kappa shape index (κ1) is 16.0. The van der Waals surface area contributed by atoms with Gasteiger partial charge in [0, 0.05) is 5.56 Å². The molecule has 0 aromatic heterocycles. The third-order valence-electron chi connectivity index (χ3n) is 3.96. The minimum absolute atomic E-state index is 0.658. The fraction of sp³-hybridized carbons (Fsp3) is 0.0952. The summed E-state index contributed by atoms with van der Waals surface area (Å²) in [5.41, 5.74) is 6.26. The number of hydrogen-bond donors (Lipinski definition) is 1. The third-order valence-corrected chi connectivity index (χ3v) is 4.43. The molecule has 0 nitrogen and oxygen atoms in total. The number of thiocarbonyl (C=S) groups is 1. The molecule has 3 aromatic carbocycles. The summed E-state index contributed by atoms with van der Waals surface area (Å²) in [5, 5.41) is 0. The average Bonchev–Trinajstić information content (AvgIpc) is 2.58. The van der Waals surface area contributed by atoms with Crippen molar-refractivity contribution in [1.29, 1.82) is 0 Å². The topological polar surface area (TPSA) is 0 Å². The van der Waals surface area contributed by atoms with E-state index in [-0.39, 0.29) is 0 Å². The summed E-state index contributed by atoms with van der Waals surface area (Å²) in [4.78, 5) is 0. The van der Waals surface area contributed by atoms with Crippen LogP contribution in [0.1, 0.15) is 27.8 Å². The van der Waals surface area contributed by atoms with Gasteiger partial charge in [0.1, 0.15) is 0 Å². The van der Waals surface area contributed by atoms with Crippen LogP contribution in [0.2, 0.25) is 0 Å². The Bertz CT molecular complexity index is 793. The van der Waals surface area contributed by atoms with Gasteiger partial charge >= 0.3 is 0 Å². The van der Waals surface area contributed by atoms with Gasteiger partial charge in [0.25, 0.3) is 0 Å². The second-order valence-electron chi connectivity index (χ2n) is 5.57. The van der Waals surface area contributed by atoms with Gasteiger partial charge in [-0.25, -0.2) is 0 Å². The highest BCUT2D eigenvalue weighted by Crippen LogP contribution is 2.23. The van der Waals surface area contributed by atoms with E-state index in [1.807, 2.05) is 12.1 Å². The Morgan fingerprint density at radius 1 is 0.696 bits per heavy atom. The highest BCUT2D eigenvalue weighted by Gasteiger charge is 2.11. The maximum Gasteiger partial charge on any atom is 0.0750 e. The highest BCUT2D eigenvalue weighted by molar-refractivity contribution is 8.11. The van der Waals surface area contributed by atoms with Gasteiger partial charge in [-0.15, -0.1) is 12.6 Å². The molecule has 23 heavy (non-hydrogen) atoms. The molecular formula is C21H18S2. The van der Waals surface area contributed by atoms with Crippen molar-refractivity contribution in [3.8, 4) is 0 Å². The van der Waals surface area contributed by atoms with Gasteiger partial charge < -0.3 is 0 Å². The van der Waals surface area contributed by atoms with Crippen molar-refractivity contribution in [3.05, 3.63) is 107 Å². The van der Waals surface area contributed by atoms with E-state index in [1.165, 1.54) is 22.3 Å². The maximum absolute atomic E-state index is 5.35. The molecule has 114 valence electrons. The molecule has 0 aliphatic heterocycles. The summed E-state index contributed by atoms with van der Waals surface area (Å²) in [6, 6.07) is 27.4. The van der Waals surface area contributed by atoms with Gasteiger partial charge in [-0.05, 0) is 35.1 Å². The van der Waals surface area contributed by atoms with Crippen LogP contribution in [0.15, 0.2) is 78.9 Å². The molecule has 2 heteroatoms. The Labute approximate surface area is 148 Å². The zero-order chi connectivity index (χ0) is 16.1. The second-order valence-corrected chi connectivity index (χ2v) is 6.73. The number of benzene rings is 3. The van der Waals surface area contributed by atoms with E-state index in [1.54, 1.807) is 0 Å². The zero-order valence-corrected chi connectivity index (χ0v) is 14.5. The van der Waals surface area contributed by atoms with Gasteiger partial charge in [0.2, 0.25) is 0 Å². The predicted molar refractivity (Wildman–Crippen MR) is 106 cm³/mol. The van der Waals surface area contributed by atoms with Crippen LogP contribution in [-0.2, 0) is 12.8 Å². The van der Waals surface area contributed by atoms with Crippen molar-refractivity contribution < 1.29 is 0 Å². The molecule has 0 saturated heterocycles. The fourth-order valence-corrected chi connectivity index (χ4v) is 3.23. The molecule has 0 amide bonds. The molecule has 0 bridgehead atoms. The van der Waals surface area contributed by atoms with Crippen molar-refractivity contribution in [2.24, 2.45) is 0 Å². The van der Waals surface area contributed by atoms with E-state index in [2.05, 4.69) is 79.4 Å². The minimum Gasteiger partial charge on any atom is -0.131 e. The zero-order valence-electron chi connectivity index (χ0n) is 12.8. The van der Waals surface area contributed by atoms with Gasteiger partial charge in [0.15, 0.2) is 0 Å². The van der Waals surface area contributed by atoms with Crippen LogP contribution in [0, 0.1) is 0 Å². The van der Waals surface area contributed by atoms with Crippen LogP contribution in [0.4, 0.5) is 0 Å². The Morgan fingerprint density at radius 2 is 1.26 bits per heavy atom. The molecule has 0 atom stereocenters. The van der Waals surface area contributed by atoms with Crippen LogP contribution in [0.5, 0.6) is 0 Å². The third kappa shape index (κ3) is 4.10. The van der Waals surface area contributed by atoms with Crippen LogP contribution < -0.4 is 0 Å². The summed E-state index contributed by atoms with van der Waals surface area (Å²) in [5.74, 6) is 0. The quantitative estimate of drug-likeness (QED) is 0.476. The lowest BCUT2D eigenvalue weighted by molar-refractivity contribution is 1.09. The molecule has 0 N–H and O–H groups in total. The van der Waals surface area contributed by atoms with E-state index in [0.717, 1.165) is 18.4 Å². The highest BCUT2D eigenvalue weighted by atomic mass is 32.1. The standard InChI is InChI=1S/C21H18S2/c22-21(23)19-13-7-12-18(14-16-8-3-1-4-9-16)20(19)15-17-10-5-2-6-11-17/h1-13H,14-15H2,(H,22,23). The summed E-state index contributed by atoms with van der Waals surface area (Å²) in [6.07, 6.45) is 1.78. The van der Waals surface area contributed by atoms with E-state index in [0.29, 0.717) is 4.20 Å². The van der Waals surface area contributed by atoms with Crippen LogP contribution in [0.25, 0.3) is 0 Å². The molecule has 0 saturated carbocycles. The van der Waals surface area contributed by atoms with Crippen LogP contribution in [-0.4, -0.2) is 4.20 Å². The number of thiol groups is 1. The molecule has 0 aliphatic rings. The molecule has 0 spiro atoms. The first-order valence-corrected chi connectivity index (χ1v) is 8.51. The van der Waals surface area contributed by atoms with Crippen molar-refractivity contribution in [3.63, 3.8) is 0 Å². The van der Waals surface area contributed by atoms with E-state index in [4.69, 9.17) is 12.2 Å². The summed E-state index contributed by atoms with van der Waals surface area (Å²) in [6.45, 7) is 0. The normalized spacial score (nSPS) is 10.5. The minimum atomic E-state index is 0.658. The van der Waals surface area contributed by atoms with E-state index in [9.17, 15) is 0 Å². The van der Waals surface area contributed by atoms with E-state index >= 15 is 0 Å². The second kappa shape index (κ2) is 7.58. The number of hydrogen-bond acceptors (Lipinski definition) is 1. The van der Waals surface area contributed by atoms with Gasteiger partial charge in [-0.1, -0.05) is 91.1 Å². The van der Waals surface area contributed by atoms with Crippen LogP contribution >= 0.6 is 24.8 Å². The Balaban J connectivity index is 2.01. The number of rotatable bonds is 5. The molecule has 3 aromatic rings. The predicted octanol–water partition coefficient (Wildman–Crippen LogP) is 5.47. The van der Waals surface area contributed by atoms with Gasteiger partial charge in [-0.3, -0.25) is 0 Å². The maximum atomic E-state index is 5.35. The fourth-order valence-electron chi connectivity index (χ4n) is 2.83. The molecule has 0 radical (unpaired) electrons. The van der Waals surface area contributed by atoms with Gasteiger partial charge in [-0.2, -0.15) is 0 Å². The first-order valence-electron chi connectivity index (χ1n) is 7.66. The smallest absolute Gasteiger partial charge is 0.0750 e. The van der Waals surface area contributed by atoms with Crippen LogP contribution in [0.3, 0.4) is 0 Å². The van der Waals surface area contributed by atoms with E-state index < -0.39 is 0 Å². The summed E-state index contributed by atoms with van der Waals surface area (Å²) < 4.78 is 0.658. The summed E-state index contributed by atoms with van der Waals surface area (Å²) >= 11 is 9.78.